The van der Waals surface area contributed by atoms with E-state index in [0.29, 0.717) is 22.1 Å². The maximum atomic E-state index is 12.2. The Bertz CT molecular complexity index is 683. The second kappa shape index (κ2) is 6.70. The molecule has 0 aromatic heterocycles. The number of carbonyl (C=O) groups excluding carboxylic acids is 1. The quantitative estimate of drug-likeness (QED) is 0.851. The van der Waals surface area contributed by atoms with Gasteiger partial charge in [0, 0.05) is 22.7 Å². The molecule has 0 aliphatic carbocycles. The molecular formula is C16H15ClN2OS. The van der Waals surface area contributed by atoms with Gasteiger partial charge in [-0.25, -0.2) is 0 Å². The number of nitrogens with two attached hydrogens (primary N) is 1. The third-order valence-corrected chi connectivity index (χ3v) is 3.85. The largest absolute Gasteiger partial charge is 0.389 e. The summed E-state index contributed by atoms with van der Waals surface area (Å²) in [6.45, 7) is 2.26. The number of benzene rings is 2. The van der Waals surface area contributed by atoms with Crippen molar-refractivity contribution in [2.75, 3.05) is 0 Å². The van der Waals surface area contributed by atoms with Crippen LogP contribution in [0, 0.1) is 6.92 Å². The second-order valence-electron chi connectivity index (χ2n) is 4.66. The first-order chi connectivity index (χ1) is 9.99. The third kappa shape index (κ3) is 3.80. The van der Waals surface area contributed by atoms with E-state index in [-0.39, 0.29) is 5.91 Å². The van der Waals surface area contributed by atoms with E-state index in [1.165, 1.54) is 0 Å². The summed E-state index contributed by atoms with van der Waals surface area (Å²) in [6, 6.07) is 12.7. The first-order valence-electron chi connectivity index (χ1n) is 6.41. The summed E-state index contributed by atoms with van der Waals surface area (Å²) in [4.78, 5) is 12.5. The van der Waals surface area contributed by atoms with Gasteiger partial charge in [-0.15, -0.1) is 0 Å². The van der Waals surface area contributed by atoms with Crippen molar-refractivity contribution in [3.63, 3.8) is 0 Å². The molecule has 1 amide bonds. The zero-order chi connectivity index (χ0) is 15.4. The topological polar surface area (TPSA) is 55.1 Å². The fraction of sp³-hybridized carbons (Fsp3) is 0.125. The van der Waals surface area contributed by atoms with Gasteiger partial charge in [-0.1, -0.05) is 54.2 Å². The standard InChI is InChI=1S/C16H15ClN2OS/c1-10-13(3-2-4-14(10)17)16(20)19-9-11-5-7-12(8-6-11)15(18)21/h2-8H,9H2,1H3,(H2,18,21)(H,19,20). The predicted molar refractivity (Wildman–Crippen MR) is 89.7 cm³/mol. The van der Waals surface area contributed by atoms with Crippen LogP contribution in [0.4, 0.5) is 0 Å². The second-order valence-corrected chi connectivity index (χ2v) is 5.50. The summed E-state index contributed by atoms with van der Waals surface area (Å²) < 4.78 is 0. The number of amides is 1. The lowest BCUT2D eigenvalue weighted by atomic mass is 10.1. The molecule has 0 fully saturated rings. The minimum atomic E-state index is -0.145. The van der Waals surface area contributed by atoms with Gasteiger partial charge in [0.25, 0.3) is 5.91 Å². The molecule has 0 aliphatic rings. The highest BCUT2D eigenvalue weighted by Gasteiger charge is 2.10. The molecule has 0 aliphatic heterocycles. The first kappa shape index (κ1) is 15.5. The third-order valence-electron chi connectivity index (χ3n) is 3.20. The van der Waals surface area contributed by atoms with Gasteiger partial charge >= 0.3 is 0 Å². The molecule has 3 N–H and O–H groups in total. The minimum Gasteiger partial charge on any atom is -0.389 e. The van der Waals surface area contributed by atoms with Crippen molar-refractivity contribution in [1.29, 1.82) is 0 Å². The number of thiocarbonyl (C=S) groups is 1. The Morgan fingerprint density at radius 2 is 1.90 bits per heavy atom. The van der Waals surface area contributed by atoms with Gasteiger partial charge in [0.05, 0.1) is 0 Å². The molecule has 0 heterocycles. The van der Waals surface area contributed by atoms with E-state index in [1.807, 2.05) is 31.2 Å². The zero-order valence-corrected chi connectivity index (χ0v) is 13.1. The molecule has 0 atom stereocenters. The fourth-order valence-corrected chi connectivity index (χ4v) is 2.23. The van der Waals surface area contributed by atoms with E-state index in [2.05, 4.69) is 5.32 Å². The Hall–Kier alpha value is -1.91. The molecular weight excluding hydrogens is 304 g/mol. The van der Waals surface area contributed by atoms with Crippen LogP contribution < -0.4 is 11.1 Å². The van der Waals surface area contributed by atoms with Gasteiger partial charge in [0.2, 0.25) is 0 Å². The normalized spacial score (nSPS) is 10.2. The Morgan fingerprint density at radius 1 is 1.24 bits per heavy atom. The highest BCUT2D eigenvalue weighted by atomic mass is 35.5. The van der Waals surface area contributed by atoms with Gasteiger partial charge < -0.3 is 11.1 Å². The summed E-state index contributed by atoms with van der Waals surface area (Å²) in [5.74, 6) is -0.145. The smallest absolute Gasteiger partial charge is 0.251 e. The Morgan fingerprint density at radius 3 is 2.52 bits per heavy atom. The molecule has 0 bridgehead atoms. The van der Waals surface area contributed by atoms with Gasteiger partial charge in [0.1, 0.15) is 4.99 Å². The van der Waals surface area contributed by atoms with Gasteiger partial charge in [-0.05, 0) is 30.2 Å². The van der Waals surface area contributed by atoms with E-state index in [9.17, 15) is 4.79 Å². The van der Waals surface area contributed by atoms with Gasteiger partial charge in [0.15, 0.2) is 0 Å². The van der Waals surface area contributed by atoms with Crippen molar-refractivity contribution >= 4 is 34.7 Å². The van der Waals surface area contributed by atoms with Crippen LogP contribution in [-0.4, -0.2) is 10.9 Å². The van der Waals surface area contributed by atoms with E-state index < -0.39 is 0 Å². The van der Waals surface area contributed by atoms with E-state index in [0.717, 1.165) is 16.7 Å². The van der Waals surface area contributed by atoms with Gasteiger partial charge in [-0.2, -0.15) is 0 Å². The molecule has 2 rings (SSSR count). The van der Waals surface area contributed by atoms with E-state index >= 15 is 0 Å². The Labute approximate surface area is 134 Å². The Kier molecular flexibility index (Phi) is 4.94. The van der Waals surface area contributed by atoms with Crippen LogP contribution in [0.3, 0.4) is 0 Å². The van der Waals surface area contributed by atoms with Crippen molar-refractivity contribution in [1.82, 2.24) is 5.32 Å². The van der Waals surface area contributed by atoms with Crippen LogP contribution in [-0.2, 0) is 6.54 Å². The van der Waals surface area contributed by atoms with Crippen molar-refractivity contribution < 1.29 is 4.79 Å². The number of carbonyl (C=O) groups is 1. The average molecular weight is 319 g/mol. The summed E-state index contributed by atoms with van der Waals surface area (Å²) in [6.07, 6.45) is 0. The summed E-state index contributed by atoms with van der Waals surface area (Å²) in [7, 11) is 0. The molecule has 0 saturated heterocycles. The number of nitrogens with one attached hydrogen (secondary N) is 1. The van der Waals surface area contributed by atoms with Crippen LogP contribution in [0.2, 0.25) is 5.02 Å². The lowest BCUT2D eigenvalue weighted by molar-refractivity contribution is 0.0950. The molecule has 2 aromatic carbocycles. The Balaban J connectivity index is 2.04. The number of rotatable bonds is 4. The van der Waals surface area contributed by atoms with Gasteiger partial charge in [-0.3, -0.25) is 4.79 Å². The van der Waals surface area contributed by atoms with Crippen LogP contribution in [0.1, 0.15) is 27.0 Å². The fourth-order valence-electron chi connectivity index (χ4n) is 1.92. The molecule has 2 aromatic rings. The van der Waals surface area contributed by atoms with Crippen molar-refractivity contribution in [2.24, 2.45) is 5.73 Å². The highest BCUT2D eigenvalue weighted by Crippen LogP contribution is 2.18. The highest BCUT2D eigenvalue weighted by molar-refractivity contribution is 7.80. The van der Waals surface area contributed by atoms with Crippen LogP contribution in [0.25, 0.3) is 0 Å². The van der Waals surface area contributed by atoms with Crippen molar-refractivity contribution in [3.05, 3.63) is 69.7 Å². The minimum absolute atomic E-state index is 0.145. The van der Waals surface area contributed by atoms with Crippen LogP contribution >= 0.6 is 23.8 Å². The van der Waals surface area contributed by atoms with Crippen molar-refractivity contribution in [3.8, 4) is 0 Å². The molecule has 21 heavy (non-hydrogen) atoms. The molecule has 0 spiro atoms. The molecule has 3 nitrogen and oxygen atoms in total. The average Bonchev–Trinajstić information content (AvgIpc) is 2.48. The maximum Gasteiger partial charge on any atom is 0.251 e. The van der Waals surface area contributed by atoms with Crippen molar-refractivity contribution in [2.45, 2.75) is 13.5 Å². The zero-order valence-electron chi connectivity index (χ0n) is 11.5. The lowest BCUT2D eigenvalue weighted by Gasteiger charge is -2.09. The summed E-state index contributed by atoms with van der Waals surface area (Å²) in [5.41, 5.74) is 8.69. The molecule has 5 heteroatoms. The molecule has 108 valence electrons. The monoisotopic (exact) mass is 318 g/mol. The predicted octanol–water partition coefficient (Wildman–Crippen LogP) is 3.21. The summed E-state index contributed by atoms with van der Waals surface area (Å²) in [5, 5.41) is 3.46. The first-order valence-corrected chi connectivity index (χ1v) is 7.19. The van der Waals surface area contributed by atoms with Crippen LogP contribution in [0.15, 0.2) is 42.5 Å². The summed E-state index contributed by atoms with van der Waals surface area (Å²) >= 11 is 10.9. The van der Waals surface area contributed by atoms with E-state index in [1.54, 1.807) is 18.2 Å². The number of halogens is 1. The molecule has 0 saturated carbocycles. The number of hydrogen-bond donors (Lipinski definition) is 2. The molecule has 0 radical (unpaired) electrons. The maximum absolute atomic E-state index is 12.2. The molecule has 0 unspecified atom stereocenters. The lowest BCUT2D eigenvalue weighted by Crippen LogP contribution is -2.23. The van der Waals surface area contributed by atoms with Crippen LogP contribution in [0.5, 0.6) is 0 Å². The van der Waals surface area contributed by atoms with E-state index in [4.69, 9.17) is 29.6 Å². The SMILES string of the molecule is Cc1c(Cl)cccc1C(=O)NCc1ccc(C(N)=S)cc1. The number of hydrogen-bond acceptors (Lipinski definition) is 2.